The number of rotatable bonds is 5. The van der Waals surface area contributed by atoms with E-state index in [-0.39, 0.29) is 35.3 Å². The first-order chi connectivity index (χ1) is 20.7. The van der Waals surface area contributed by atoms with Crippen molar-refractivity contribution in [2.45, 2.75) is 64.7 Å². The number of aliphatic hydroxyl groups excluding tert-OH is 1. The van der Waals surface area contributed by atoms with Crippen molar-refractivity contribution in [3.8, 4) is 17.1 Å². The first-order valence-electron chi connectivity index (χ1n) is 14.2. The van der Waals surface area contributed by atoms with E-state index in [1.807, 2.05) is 32.0 Å². The SMILES string of the molecule is Cc1cccc(C)c1-c1cc2nc(n1)NS(=O)(=O)c1cccc(c1)C(O)N(c1cnn(CC(N)=O)c1)[C@H](CC(C)(C)C)CO2. The largest absolute Gasteiger partial charge is 0.475 e. The first-order valence-corrected chi connectivity index (χ1v) is 15.7. The maximum Gasteiger partial charge on any atom is 0.264 e. The Bertz CT molecular complexity index is 1780. The van der Waals surface area contributed by atoms with E-state index in [2.05, 4.69) is 40.6 Å². The van der Waals surface area contributed by atoms with E-state index < -0.39 is 28.2 Å². The summed E-state index contributed by atoms with van der Waals surface area (Å²) in [5, 5.41) is 16.1. The Morgan fingerprint density at radius 3 is 2.50 bits per heavy atom. The second-order valence-corrected chi connectivity index (χ2v) is 13.9. The van der Waals surface area contributed by atoms with Crippen molar-refractivity contribution in [2.75, 3.05) is 16.2 Å². The lowest BCUT2D eigenvalue weighted by molar-refractivity contribution is -0.118. The molecule has 0 aliphatic carbocycles. The molecule has 2 aromatic heterocycles. The van der Waals surface area contributed by atoms with Crippen LogP contribution in [0.2, 0.25) is 0 Å². The van der Waals surface area contributed by atoms with Gasteiger partial charge in [-0.1, -0.05) is 51.1 Å². The summed E-state index contributed by atoms with van der Waals surface area (Å²) in [7, 11) is -4.16. The number of amides is 1. The van der Waals surface area contributed by atoms with Gasteiger partial charge in [-0.2, -0.15) is 10.1 Å². The van der Waals surface area contributed by atoms with E-state index in [1.54, 1.807) is 29.3 Å². The number of hydrogen-bond donors (Lipinski definition) is 3. The molecule has 4 bridgehead atoms. The summed E-state index contributed by atoms with van der Waals surface area (Å²) in [6.07, 6.45) is 2.41. The fourth-order valence-electron chi connectivity index (χ4n) is 5.48. The van der Waals surface area contributed by atoms with Gasteiger partial charge in [-0.15, -0.1) is 0 Å². The molecule has 4 N–H and O–H groups in total. The number of aromatic nitrogens is 4. The number of anilines is 2. The Hall–Kier alpha value is -4.49. The predicted molar refractivity (Wildman–Crippen MR) is 166 cm³/mol. The highest BCUT2D eigenvalue weighted by atomic mass is 32.2. The van der Waals surface area contributed by atoms with Crippen LogP contribution in [0.3, 0.4) is 0 Å². The van der Waals surface area contributed by atoms with Gasteiger partial charge in [-0.05, 0) is 48.9 Å². The van der Waals surface area contributed by atoms with Crippen molar-refractivity contribution in [1.82, 2.24) is 19.7 Å². The molecule has 1 amide bonds. The molecule has 0 spiro atoms. The number of ether oxygens (including phenoxy) is 1. The van der Waals surface area contributed by atoms with Crippen LogP contribution in [0.15, 0.2) is 65.8 Å². The molecule has 0 radical (unpaired) electrons. The summed E-state index contributed by atoms with van der Waals surface area (Å²) >= 11 is 0. The van der Waals surface area contributed by atoms with Gasteiger partial charge >= 0.3 is 0 Å². The molecular weight excluding hydrogens is 582 g/mol. The molecule has 1 aliphatic rings. The van der Waals surface area contributed by atoms with Gasteiger partial charge in [-0.3, -0.25) is 9.48 Å². The van der Waals surface area contributed by atoms with Crippen LogP contribution in [-0.2, 0) is 21.4 Å². The highest BCUT2D eigenvalue weighted by molar-refractivity contribution is 7.92. The molecule has 13 heteroatoms. The maximum atomic E-state index is 13.6. The van der Waals surface area contributed by atoms with Gasteiger partial charge in [0.05, 0.1) is 28.5 Å². The fraction of sp³-hybridized carbons (Fsp3) is 0.355. The summed E-state index contributed by atoms with van der Waals surface area (Å²) in [6.45, 7) is 10.1. The van der Waals surface area contributed by atoms with Crippen molar-refractivity contribution in [2.24, 2.45) is 11.1 Å². The molecule has 0 saturated heterocycles. The number of primary amides is 1. The van der Waals surface area contributed by atoms with Gasteiger partial charge in [-0.25, -0.2) is 18.1 Å². The Labute approximate surface area is 257 Å². The van der Waals surface area contributed by atoms with Crippen LogP contribution in [0.4, 0.5) is 11.6 Å². The van der Waals surface area contributed by atoms with E-state index in [4.69, 9.17) is 10.5 Å². The lowest BCUT2D eigenvalue weighted by Crippen LogP contribution is -2.44. The van der Waals surface area contributed by atoms with Crippen LogP contribution in [0.5, 0.6) is 5.88 Å². The number of hydrogen-bond acceptors (Lipinski definition) is 9. The standard InChI is InChI=1S/C31H37N7O5S/c1-19-8-6-9-20(2)28(19)25-13-27-35-30(34-25)36-44(41,42)24-11-7-10-21(12-24)29(40)38(22(18-43-27)14-31(3,4)5)23-15-33-37(16-23)17-26(32)39/h6-13,15-16,22,29,40H,14,17-18H2,1-5H3,(H2,32,39)(H,34,35,36)/t22-,29?/m1/s1. The van der Waals surface area contributed by atoms with E-state index in [0.717, 1.165) is 16.7 Å². The third kappa shape index (κ3) is 6.84. The summed E-state index contributed by atoms with van der Waals surface area (Å²) in [4.78, 5) is 22.2. The molecule has 4 aromatic rings. The van der Waals surface area contributed by atoms with Gasteiger partial charge < -0.3 is 20.5 Å². The minimum atomic E-state index is -4.16. The van der Waals surface area contributed by atoms with Crippen LogP contribution in [0, 0.1) is 19.3 Å². The number of sulfonamides is 1. The second-order valence-electron chi connectivity index (χ2n) is 12.2. The van der Waals surface area contributed by atoms with Gasteiger partial charge in [0, 0.05) is 23.4 Å². The average molecular weight is 620 g/mol. The van der Waals surface area contributed by atoms with E-state index in [9.17, 15) is 18.3 Å². The van der Waals surface area contributed by atoms with Gasteiger partial charge in [0.2, 0.25) is 17.7 Å². The number of nitrogens with zero attached hydrogens (tertiary/aromatic N) is 5. The molecule has 1 unspecified atom stereocenters. The third-order valence-corrected chi connectivity index (χ3v) is 8.62. The Balaban J connectivity index is 1.70. The lowest BCUT2D eigenvalue weighted by atomic mass is 9.87. The second kappa shape index (κ2) is 11.9. The first kappa shape index (κ1) is 31.0. The average Bonchev–Trinajstić information content (AvgIpc) is 3.37. The smallest absolute Gasteiger partial charge is 0.264 e. The number of nitrogens with one attached hydrogen (secondary N) is 1. The molecule has 232 valence electrons. The Morgan fingerprint density at radius 1 is 1.11 bits per heavy atom. The normalized spacial score (nSPS) is 18.3. The third-order valence-electron chi connectivity index (χ3n) is 7.30. The van der Waals surface area contributed by atoms with Crippen LogP contribution < -0.4 is 20.1 Å². The molecule has 2 aromatic carbocycles. The topological polar surface area (TPSA) is 166 Å². The number of benzene rings is 2. The van der Waals surface area contributed by atoms with Crippen LogP contribution in [0.25, 0.3) is 11.3 Å². The molecule has 2 atom stereocenters. The van der Waals surface area contributed by atoms with Crippen LogP contribution >= 0.6 is 0 Å². The summed E-state index contributed by atoms with van der Waals surface area (Å²) in [6, 6.07) is 13.2. The van der Waals surface area contributed by atoms with Crippen LogP contribution in [0.1, 0.15) is 50.1 Å². The van der Waals surface area contributed by atoms with E-state index >= 15 is 0 Å². The van der Waals surface area contributed by atoms with Crippen molar-refractivity contribution in [1.29, 1.82) is 0 Å². The monoisotopic (exact) mass is 619 g/mol. The van der Waals surface area contributed by atoms with E-state index in [0.29, 0.717) is 23.4 Å². The highest BCUT2D eigenvalue weighted by Crippen LogP contribution is 2.35. The van der Waals surface area contributed by atoms with Crippen LogP contribution in [-0.4, -0.2) is 51.8 Å². The molecule has 44 heavy (non-hydrogen) atoms. The Kier molecular flexibility index (Phi) is 8.36. The number of carbonyl (C=O) groups excluding carboxylic acids is 1. The summed E-state index contributed by atoms with van der Waals surface area (Å²) in [5.41, 5.74) is 9.28. The molecule has 3 heterocycles. The van der Waals surface area contributed by atoms with Gasteiger partial charge in [0.1, 0.15) is 13.2 Å². The molecule has 0 saturated carbocycles. The van der Waals surface area contributed by atoms with Crippen molar-refractivity contribution >= 4 is 27.6 Å². The minimum absolute atomic E-state index is 0.0738. The number of aliphatic hydroxyl groups is 1. The van der Waals surface area contributed by atoms with Crippen molar-refractivity contribution in [3.63, 3.8) is 0 Å². The fourth-order valence-corrected chi connectivity index (χ4v) is 6.48. The molecule has 12 nitrogen and oxygen atoms in total. The maximum absolute atomic E-state index is 13.6. The number of aryl methyl sites for hydroxylation is 2. The molecule has 0 fully saturated rings. The minimum Gasteiger partial charge on any atom is -0.475 e. The molecule has 5 rings (SSSR count). The zero-order chi connectivity index (χ0) is 31.8. The van der Waals surface area contributed by atoms with E-state index in [1.165, 1.54) is 23.0 Å². The number of fused-ring (bicyclic) bond motifs is 4. The molecular formula is C31H37N7O5S. The number of nitrogens with two attached hydrogens (primary N) is 1. The van der Waals surface area contributed by atoms with Gasteiger partial charge in [0.25, 0.3) is 10.0 Å². The highest BCUT2D eigenvalue weighted by Gasteiger charge is 2.33. The Morgan fingerprint density at radius 2 is 1.82 bits per heavy atom. The van der Waals surface area contributed by atoms with Crippen molar-refractivity contribution in [3.05, 3.63) is 77.6 Å². The van der Waals surface area contributed by atoms with Crippen molar-refractivity contribution < 1.29 is 23.1 Å². The zero-order valence-electron chi connectivity index (χ0n) is 25.4. The van der Waals surface area contributed by atoms with Gasteiger partial charge in [0.15, 0.2) is 6.23 Å². The quantitative estimate of drug-likeness (QED) is 0.300. The number of carbonyl (C=O) groups is 1. The predicted octanol–water partition coefficient (Wildman–Crippen LogP) is 3.94. The molecule has 1 aliphatic heterocycles. The zero-order valence-corrected chi connectivity index (χ0v) is 26.2. The summed E-state index contributed by atoms with van der Waals surface area (Å²) in [5.74, 6) is -0.536. The summed E-state index contributed by atoms with van der Waals surface area (Å²) < 4.78 is 37.4. The lowest BCUT2D eigenvalue weighted by Gasteiger charge is -2.39.